The van der Waals surface area contributed by atoms with E-state index in [2.05, 4.69) is 6.92 Å². The molecular weight excluding hydrogens is 212 g/mol. The van der Waals surface area contributed by atoms with Crippen LogP contribution in [0.1, 0.15) is 46.5 Å². The Kier molecular flexibility index (Phi) is 8.47. The molecule has 15 heavy (non-hydrogen) atoms. The molecule has 0 radical (unpaired) electrons. The lowest BCUT2D eigenvalue weighted by atomic mass is 10.2. The maximum absolute atomic E-state index is 11.2. The van der Waals surface area contributed by atoms with E-state index in [-0.39, 0.29) is 11.1 Å². The summed E-state index contributed by atoms with van der Waals surface area (Å²) in [5, 5.41) is 0.512. The fourth-order valence-corrected chi connectivity index (χ4v) is 2.29. The molecule has 0 aromatic rings. The Morgan fingerprint density at radius 2 is 1.93 bits per heavy atom. The zero-order chi connectivity index (χ0) is 11.7. The molecule has 0 saturated heterocycles. The lowest BCUT2D eigenvalue weighted by molar-refractivity contribution is -0.141. The van der Waals surface area contributed by atoms with Gasteiger partial charge in [-0.15, -0.1) is 0 Å². The van der Waals surface area contributed by atoms with E-state index < -0.39 is 0 Å². The van der Waals surface area contributed by atoms with Crippen LogP contribution in [0.25, 0.3) is 0 Å². The highest BCUT2D eigenvalue weighted by atomic mass is 32.2. The van der Waals surface area contributed by atoms with Crippen LogP contribution in [-0.4, -0.2) is 22.9 Å². The van der Waals surface area contributed by atoms with Gasteiger partial charge >= 0.3 is 5.97 Å². The van der Waals surface area contributed by atoms with E-state index in [1.54, 1.807) is 0 Å². The van der Waals surface area contributed by atoms with E-state index in [0.717, 1.165) is 19.3 Å². The number of thioether (sulfide) groups is 1. The predicted octanol–water partition coefficient (Wildman–Crippen LogP) is 2.78. The van der Waals surface area contributed by atoms with Crippen LogP contribution >= 0.6 is 11.8 Å². The molecule has 0 heterocycles. The Morgan fingerprint density at radius 1 is 1.27 bits per heavy atom. The maximum atomic E-state index is 11.2. The first-order chi connectivity index (χ1) is 7.10. The molecule has 0 aliphatic rings. The van der Waals surface area contributed by atoms with Crippen LogP contribution in [0.5, 0.6) is 0 Å². The van der Waals surface area contributed by atoms with E-state index in [0.29, 0.717) is 18.3 Å². The minimum absolute atomic E-state index is 0.219. The molecule has 0 fully saturated rings. The number of hydrogen-bond donors (Lipinski definition) is 0. The summed E-state index contributed by atoms with van der Waals surface area (Å²) < 4.78 is 4.87. The second-order valence-electron chi connectivity index (χ2n) is 3.38. The number of hydrogen-bond acceptors (Lipinski definition) is 4. The average Bonchev–Trinajstić information content (AvgIpc) is 2.17. The molecule has 0 amide bonds. The summed E-state index contributed by atoms with van der Waals surface area (Å²) in [6, 6.07) is 0. The van der Waals surface area contributed by atoms with Crippen molar-refractivity contribution in [3.05, 3.63) is 0 Å². The lowest BCUT2D eigenvalue weighted by Gasteiger charge is -2.13. The van der Waals surface area contributed by atoms with Gasteiger partial charge in [0.05, 0.1) is 6.61 Å². The van der Waals surface area contributed by atoms with E-state index >= 15 is 0 Å². The Balaban J connectivity index is 3.82. The van der Waals surface area contributed by atoms with Gasteiger partial charge < -0.3 is 4.74 Å². The van der Waals surface area contributed by atoms with Gasteiger partial charge in [-0.2, -0.15) is 0 Å². The highest BCUT2D eigenvalue weighted by Gasteiger charge is 2.13. The summed E-state index contributed by atoms with van der Waals surface area (Å²) >= 11 is 1.39. The molecule has 0 aromatic heterocycles. The molecule has 1 unspecified atom stereocenters. The van der Waals surface area contributed by atoms with Crippen LogP contribution < -0.4 is 0 Å². The zero-order valence-electron chi connectivity index (χ0n) is 9.75. The number of esters is 1. The fourth-order valence-electron chi connectivity index (χ4n) is 1.19. The van der Waals surface area contributed by atoms with Gasteiger partial charge in [0.25, 0.3) is 0 Å². The van der Waals surface area contributed by atoms with E-state index in [9.17, 15) is 9.59 Å². The first-order valence-corrected chi connectivity index (χ1v) is 6.30. The Morgan fingerprint density at radius 3 is 2.40 bits per heavy atom. The molecule has 0 aromatic carbocycles. The van der Waals surface area contributed by atoms with Gasteiger partial charge in [-0.1, -0.05) is 32.0 Å². The second-order valence-corrected chi connectivity index (χ2v) is 4.74. The van der Waals surface area contributed by atoms with E-state index in [1.165, 1.54) is 18.7 Å². The smallest absolute Gasteiger partial charge is 0.302 e. The van der Waals surface area contributed by atoms with Gasteiger partial charge in [-0.25, -0.2) is 0 Å². The minimum Gasteiger partial charge on any atom is -0.466 e. The van der Waals surface area contributed by atoms with E-state index in [4.69, 9.17) is 4.74 Å². The van der Waals surface area contributed by atoms with Gasteiger partial charge in [0.15, 0.2) is 5.12 Å². The number of carbonyl (C=O) groups excluding carboxylic acids is 2. The fraction of sp³-hybridized carbons (Fsp3) is 0.818. The van der Waals surface area contributed by atoms with Crippen molar-refractivity contribution in [2.45, 2.75) is 51.7 Å². The quantitative estimate of drug-likeness (QED) is 0.633. The van der Waals surface area contributed by atoms with Crippen molar-refractivity contribution in [3.8, 4) is 0 Å². The number of ether oxygens (including phenoxy) is 1. The van der Waals surface area contributed by atoms with Crippen molar-refractivity contribution in [1.82, 2.24) is 0 Å². The Bertz CT molecular complexity index is 204. The monoisotopic (exact) mass is 232 g/mol. The van der Waals surface area contributed by atoms with Gasteiger partial charge in [0.1, 0.15) is 0 Å². The molecule has 0 rings (SSSR count). The lowest BCUT2D eigenvalue weighted by Crippen LogP contribution is -2.11. The largest absolute Gasteiger partial charge is 0.466 e. The number of rotatable bonds is 7. The molecule has 0 saturated carbocycles. The third-order valence-electron chi connectivity index (χ3n) is 1.94. The first kappa shape index (κ1) is 14.5. The molecule has 0 spiro atoms. The third kappa shape index (κ3) is 8.48. The zero-order valence-corrected chi connectivity index (χ0v) is 10.6. The maximum Gasteiger partial charge on any atom is 0.302 e. The normalized spacial score (nSPS) is 12.2. The minimum atomic E-state index is -0.253. The van der Waals surface area contributed by atoms with Gasteiger partial charge in [-0.05, 0) is 12.8 Å². The molecule has 0 aliphatic heterocycles. The van der Waals surface area contributed by atoms with Gasteiger partial charge in [-0.3, -0.25) is 9.59 Å². The van der Waals surface area contributed by atoms with Crippen molar-refractivity contribution >= 4 is 22.8 Å². The predicted molar refractivity (Wildman–Crippen MR) is 62.8 cm³/mol. The SMILES string of the molecule is CCCC(CCOC(C)=O)SC(=O)CC. The van der Waals surface area contributed by atoms with Crippen LogP contribution in [-0.2, 0) is 14.3 Å². The molecular formula is C11H20O3S. The highest BCUT2D eigenvalue weighted by Crippen LogP contribution is 2.21. The van der Waals surface area contributed by atoms with Crippen molar-refractivity contribution in [2.75, 3.05) is 6.61 Å². The van der Waals surface area contributed by atoms with Crippen LogP contribution in [0.3, 0.4) is 0 Å². The summed E-state index contributed by atoms with van der Waals surface area (Å²) in [6.07, 6.45) is 3.38. The molecule has 0 N–H and O–H groups in total. The second kappa shape index (κ2) is 8.77. The molecule has 3 nitrogen and oxygen atoms in total. The topological polar surface area (TPSA) is 43.4 Å². The van der Waals surface area contributed by atoms with Crippen LogP contribution in [0.4, 0.5) is 0 Å². The summed E-state index contributed by atoms with van der Waals surface area (Å²) in [7, 11) is 0. The Labute approximate surface area is 95.9 Å². The Hall–Kier alpha value is -0.510. The summed E-state index contributed by atoms with van der Waals surface area (Å²) in [5.41, 5.74) is 0. The molecule has 0 aliphatic carbocycles. The summed E-state index contributed by atoms with van der Waals surface area (Å²) in [5.74, 6) is -0.253. The van der Waals surface area contributed by atoms with Gasteiger partial charge in [0, 0.05) is 18.6 Å². The van der Waals surface area contributed by atoms with Crippen molar-refractivity contribution < 1.29 is 14.3 Å². The van der Waals surface area contributed by atoms with Crippen molar-refractivity contribution in [1.29, 1.82) is 0 Å². The standard InChI is InChI=1S/C11H20O3S/c1-4-6-10(15-11(13)5-2)7-8-14-9(3)12/h10H,4-8H2,1-3H3. The average molecular weight is 232 g/mol. The molecule has 4 heteroatoms. The first-order valence-electron chi connectivity index (χ1n) is 5.43. The van der Waals surface area contributed by atoms with Crippen LogP contribution in [0, 0.1) is 0 Å². The van der Waals surface area contributed by atoms with Crippen LogP contribution in [0.15, 0.2) is 0 Å². The highest BCUT2D eigenvalue weighted by molar-refractivity contribution is 8.14. The third-order valence-corrected chi connectivity index (χ3v) is 3.30. The molecule has 0 bridgehead atoms. The number of carbonyl (C=O) groups is 2. The van der Waals surface area contributed by atoms with E-state index in [1.807, 2.05) is 6.92 Å². The summed E-state index contributed by atoms with van der Waals surface area (Å²) in [6.45, 7) is 5.78. The van der Waals surface area contributed by atoms with Crippen LogP contribution in [0.2, 0.25) is 0 Å². The van der Waals surface area contributed by atoms with Gasteiger partial charge in [0.2, 0.25) is 0 Å². The van der Waals surface area contributed by atoms with Crippen molar-refractivity contribution in [2.24, 2.45) is 0 Å². The molecule has 88 valence electrons. The summed E-state index contributed by atoms with van der Waals surface area (Å²) in [4.78, 5) is 21.8. The molecule has 1 atom stereocenters. The van der Waals surface area contributed by atoms with Crippen molar-refractivity contribution in [3.63, 3.8) is 0 Å².